The van der Waals surface area contributed by atoms with Crippen molar-refractivity contribution < 1.29 is 19.0 Å². The molecule has 0 spiro atoms. The summed E-state index contributed by atoms with van der Waals surface area (Å²) in [6, 6.07) is 15.4. The molecule has 1 aliphatic carbocycles. The van der Waals surface area contributed by atoms with Gasteiger partial charge in [-0.25, -0.2) is 14.6 Å². The second-order valence-electron chi connectivity index (χ2n) is 9.33. The number of nitrogens with zero attached hydrogens (tertiary/aromatic N) is 5. The highest BCUT2D eigenvalue weighted by Gasteiger charge is 2.34. The van der Waals surface area contributed by atoms with E-state index in [2.05, 4.69) is 10.1 Å². The minimum Gasteiger partial charge on any atom is -0.492 e. The molecule has 1 fully saturated rings. The first-order chi connectivity index (χ1) is 18.1. The standard InChI is InChI=1S/C28H27N5O4/c1-18-3-8-21(9-4-18)35-14-13-32(2)27(34)22-16-30-33(26(22)19-5-6-19)28-29-12-11-23(31-28)20-7-10-24-25(15-20)37-17-36-24/h3-4,7-12,15-16,19H,5-6,13-14,17H2,1-2H3. The Morgan fingerprint density at radius 3 is 2.73 bits per heavy atom. The fourth-order valence-electron chi connectivity index (χ4n) is 4.34. The number of hydrogen-bond donors (Lipinski definition) is 0. The third-order valence-corrected chi connectivity index (χ3v) is 6.56. The highest BCUT2D eigenvalue weighted by molar-refractivity contribution is 5.95. The molecular weight excluding hydrogens is 470 g/mol. The van der Waals surface area contributed by atoms with Gasteiger partial charge in [-0.15, -0.1) is 0 Å². The molecule has 9 nitrogen and oxygen atoms in total. The fraction of sp³-hybridized carbons (Fsp3) is 0.286. The summed E-state index contributed by atoms with van der Waals surface area (Å²) in [6.45, 7) is 3.11. The van der Waals surface area contributed by atoms with Gasteiger partial charge in [-0.1, -0.05) is 17.7 Å². The molecule has 1 amide bonds. The Bertz CT molecular complexity index is 1450. The van der Waals surface area contributed by atoms with Gasteiger partial charge in [-0.3, -0.25) is 4.79 Å². The van der Waals surface area contributed by atoms with Crippen molar-refractivity contribution in [2.75, 3.05) is 27.0 Å². The van der Waals surface area contributed by atoms with Crippen molar-refractivity contribution >= 4 is 5.91 Å². The van der Waals surface area contributed by atoms with Crippen molar-refractivity contribution in [1.29, 1.82) is 0 Å². The van der Waals surface area contributed by atoms with Gasteiger partial charge in [-0.05, 0) is 56.2 Å². The average molecular weight is 498 g/mol. The number of aryl methyl sites for hydroxylation is 1. The van der Waals surface area contributed by atoms with E-state index in [1.807, 2.05) is 55.5 Å². The number of benzene rings is 2. The number of amides is 1. The zero-order valence-corrected chi connectivity index (χ0v) is 20.8. The maximum atomic E-state index is 13.4. The molecule has 9 heteroatoms. The second kappa shape index (κ2) is 9.57. The van der Waals surface area contributed by atoms with Crippen LogP contribution < -0.4 is 14.2 Å². The number of likely N-dealkylation sites (N-methyl/N-ethyl adjacent to an activating group) is 1. The average Bonchev–Trinajstić information content (AvgIpc) is 3.48. The maximum absolute atomic E-state index is 13.4. The van der Waals surface area contributed by atoms with Gasteiger partial charge < -0.3 is 19.1 Å². The third kappa shape index (κ3) is 4.72. The lowest BCUT2D eigenvalue weighted by Gasteiger charge is -2.18. The van der Waals surface area contributed by atoms with E-state index in [1.54, 1.807) is 29.0 Å². The molecule has 3 heterocycles. The summed E-state index contributed by atoms with van der Waals surface area (Å²) >= 11 is 0. The lowest BCUT2D eigenvalue weighted by molar-refractivity contribution is 0.0772. The summed E-state index contributed by atoms with van der Waals surface area (Å²) in [5.74, 6) is 2.80. The molecule has 2 aliphatic rings. The Hall–Kier alpha value is -4.40. The molecule has 2 aromatic heterocycles. The first-order valence-electron chi connectivity index (χ1n) is 12.3. The minimum atomic E-state index is -0.0902. The van der Waals surface area contributed by atoms with Crippen molar-refractivity contribution in [2.24, 2.45) is 0 Å². The molecule has 2 aromatic carbocycles. The van der Waals surface area contributed by atoms with Crippen LogP contribution in [0.25, 0.3) is 17.2 Å². The molecule has 0 unspecified atom stereocenters. The predicted octanol–water partition coefficient (Wildman–Crippen LogP) is 4.39. The van der Waals surface area contributed by atoms with Gasteiger partial charge in [0, 0.05) is 24.7 Å². The SMILES string of the molecule is Cc1ccc(OCCN(C)C(=O)c2cnn(-c3nccc(-c4ccc5c(c4)OCO5)n3)c2C2CC2)cc1. The molecule has 0 radical (unpaired) electrons. The summed E-state index contributed by atoms with van der Waals surface area (Å²) in [5, 5.41) is 4.55. The fourth-order valence-corrected chi connectivity index (χ4v) is 4.34. The van der Waals surface area contributed by atoms with Crippen molar-refractivity contribution in [3.05, 3.63) is 77.7 Å². The Kier molecular flexibility index (Phi) is 5.96. The van der Waals surface area contributed by atoms with Crippen molar-refractivity contribution in [3.8, 4) is 34.5 Å². The molecule has 0 saturated heterocycles. The second-order valence-corrected chi connectivity index (χ2v) is 9.33. The lowest BCUT2D eigenvalue weighted by Crippen LogP contribution is -2.31. The van der Waals surface area contributed by atoms with Gasteiger partial charge in [0.1, 0.15) is 12.4 Å². The first-order valence-corrected chi connectivity index (χ1v) is 12.3. The summed E-state index contributed by atoms with van der Waals surface area (Å²) in [6.07, 6.45) is 5.35. The number of carbonyl (C=O) groups excluding carboxylic acids is 1. The van der Waals surface area contributed by atoms with E-state index in [0.717, 1.165) is 41.3 Å². The normalized spacial score (nSPS) is 14.0. The van der Waals surface area contributed by atoms with E-state index in [4.69, 9.17) is 19.2 Å². The summed E-state index contributed by atoms with van der Waals surface area (Å²) in [5.41, 5.74) is 4.24. The first kappa shape index (κ1) is 23.0. The van der Waals surface area contributed by atoms with E-state index in [9.17, 15) is 4.79 Å². The van der Waals surface area contributed by atoms with Crippen LogP contribution in [0.3, 0.4) is 0 Å². The van der Waals surface area contributed by atoms with E-state index >= 15 is 0 Å². The van der Waals surface area contributed by atoms with Gasteiger partial charge in [0.2, 0.25) is 6.79 Å². The monoisotopic (exact) mass is 497 g/mol. The van der Waals surface area contributed by atoms with Crippen LogP contribution in [0.2, 0.25) is 0 Å². The van der Waals surface area contributed by atoms with Crippen LogP contribution in [-0.2, 0) is 0 Å². The summed E-state index contributed by atoms with van der Waals surface area (Å²) in [4.78, 5) is 24.3. The molecular formula is C28H27N5O4. The van der Waals surface area contributed by atoms with E-state index in [0.29, 0.717) is 30.4 Å². The Balaban J connectivity index is 1.21. The largest absolute Gasteiger partial charge is 0.492 e. The molecule has 188 valence electrons. The van der Waals surface area contributed by atoms with Crippen LogP contribution in [0.4, 0.5) is 0 Å². The number of carbonyl (C=O) groups is 1. The molecule has 0 N–H and O–H groups in total. The Morgan fingerprint density at radius 1 is 1.11 bits per heavy atom. The van der Waals surface area contributed by atoms with Crippen molar-refractivity contribution in [1.82, 2.24) is 24.6 Å². The lowest BCUT2D eigenvalue weighted by atomic mass is 10.1. The van der Waals surface area contributed by atoms with Crippen LogP contribution in [0, 0.1) is 6.92 Å². The number of hydrogen-bond acceptors (Lipinski definition) is 7. The van der Waals surface area contributed by atoms with Gasteiger partial charge in [0.05, 0.1) is 29.7 Å². The molecule has 4 aromatic rings. The predicted molar refractivity (Wildman–Crippen MR) is 136 cm³/mol. The van der Waals surface area contributed by atoms with E-state index < -0.39 is 0 Å². The zero-order valence-electron chi connectivity index (χ0n) is 20.8. The van der Waals surface area contributed by atoms with Gasteiger partial charge in [-0.2, -0.15) is 5.10 Å². The van der Waals surface area contributed by atoms with Gasteiger partial charge >= 0.3 is 0 Å². The Morgan fingerprint density at radius 2 is 1.92 bits per heavy atom. The van der Waals surface area contributed by atoms with Gasteiger partial charge in [0.15, 0.2) is 11.5 Å². The molecule has 0 atom stereocenters. The highest BCUT2D eigenvalue weighted by atomic mass is 16.7. The van der Waals surface area contributed by atoms with Crippen LogP contribution in [0.5, 0.6) is 17.2 Å². The van der Waals surface area contributed by atoms with Crippen molar-refractivity contribution in [3.63, 3.8) is 0 Å². The molecule has 1 saturated carbocycles. The minimum absolute atomic E-state index is 0.0902. The van der Waals surface area contributed by atoms with Gasteiger partial charge in [0.25, 0.3) is 11.9 Å². The number of fused-ring (bicyclic) bond motifs is 1. The molecule has 0 bridgehead atoms. The van der Waals surface area contributed by atoms with Crippen LogP contribution in [0.1, 0.15) is 40.4 Å². The maximum Gasteiger partial charge on any atom is 0.257 e. The number of rotatable bonds is 8. The van der Waals surface area contributed by atoms with Crippen LogP contribution in [-0.4, -0.2) is 57.5 Å². The van der Waals surface area contributed by atoms with E-state index in [-0.39, 0.29) is 18.6 Å². The Labute approximate surface area is 214 Å². The van der Waals surface area contributed by atoms with Crippen LogP contribution in [0.15, 0.2) is 60.9 Å². The smallest absolute Gasteiger partial charge is 0.257 e. The number of aromatic nitrogens is 4. The van der Waals surface area contributed by atoms with E-state index in [1.165, 1.54) is 5.56 Å². The third-order valence-electron chi connectivity index (χ3n) is 6.56. The quantitative estimate of drug-likeness (QED) is 0.356. The number of ether oxygens (including phenoxy) is 3. The summed E-state index contributed by atoms with van der Waals surface area (Å²) < 4.78 is 18.4. The topological polar surface area (TPSA) is 91.6 Å². The molecule has 6 rings (SSSR count). The van der Waals surface area contributed by atoms with Crippen LogP contribution >= 0.6 is 0 Å². The zero-order chi connectivity index (χ0) is 25.4. The summed E-state index contributed by atoms with van der Waals surface area (Å²) in [7, 11) is 1.78. The highest BCUT2D eigenvalue weighted by Crippen LogP contribution is 2.42. The molecule has 37 heavy (non-hydrogen) atoms. The van der Waals surface area contributed by atoms with Crippen molar-refractivity contribution in [2.45, 2.75) is 25.7 Å². The molecule has 1 aliphatic heterocycles.